The van der Waals surface area contributed by atoms with Gasteiger partial charge in [-0.15, -0.1) is 0 Å². The average molecular weight is 360 g/mol. The highest BCUT2D eigenvalue weighted by Crippen LogP contribution is 2.36. The van der Waals surface area contributed by atoms with Crippen molar-refractivity contribution in [2.75, 3.05) is 6.54 Å². The standard InChI is InChI=1S/C20H16N4O3/c1-20(2)11-24(18(25)13-5-3-12(8-21)4-6-13)10-15(19(26)27)17-16(20)7-14(9-22)23-17/h3-7,10,23H,11H2,1-2H3,(H,26,27). The number of nitrogens with zero attached hydrogens (tertiary/aromatic N) is 3. The number of H-pyrrole nitrogens is 1. The van der Waals surface area contributed by atoms with Crippen LogP contribution in [0.3, 0.4) is 0 Å². The van der Waals surface area contributed by atoms with Crippen molar-refractivity contribution in [2.24, 2.45) is 0 Å². The molecular formula is C20H16N4O3. The Morgan fingerprint density at radius 3 is 2.41 bits per heavy atom. The molecule has 0 saturated carbocycles. The Kier molecular flexibility index (Phi) is 4.31. The predicted molar refractivity (Wildman–Crippen MR) is 96.3 cm³/mol. The number of hydrogen-bond donors (Lipinski definition) is 2. The summed E-state index contributed by atoms with van der Waals surface area (Å²) in [6.07, 6.45) is 1.30. The average Bonchev–Trinajstić information content (AvgIpc) is 3.05. The van der Waals surface area contributed by atoms with Gasteiger partial charge in [0.1, 0.15) is 11.8 Å². The van der Waals surface area contributed by atoms with Gasteiger partial charge < -0.3 is 15.0 Å². The fourth-order valence-corrected chi connectivity index (χ4v) is 3.18. The van der Waals surface area contributed by atoms with Crippen molar-refractivity contribution in [1.82, 2.24) is 9.88 Å². The molecule has 1 aromatic carbocycles. The van der Waals surface area contributed by atoms with E-state index in [0.717, 1.165) is 0 Å². The van der Waals surface area contributed by atoms with E-state index in [-0.39, 0.29) is 23.7 Å². The van der Waals surface area contributed by atoms with Crippen LogP contribution in [0.15, 0.2) is 36.5 Å². The maximum Gasteiger partial charge on any atom is 0.339 e. The summed E-state index contributed by atoms with van der Waals surface area (Å²) in [6, 6.07) is 11.8. The highest BCUT2D eigenvalue weighted by molar-refractivity contribution is 6.16. The van der Waals surface area contributed by atoms with Crippen LogP contribution in [0.5, 0.6) is 0 Å². The first-order chi connectivity index (χ1) is 12.8. The quantitative estimate of drug-likeness (QED) is 0.853. The van der Waals surface area contributed by atoms with Crippen molar-refractivity contribution in [2.45, 2.75) is 19.3 Å². The number of nitriles is 2. The lowest BCUT2D eigenvalue weighted by Crippen LogP contribution is -2.36. The monoisotopic (exact) mass is 360 g/mol. The summed E-state index contributed by atoms with van der Waals surface area (Å²) in [4.78, 5) is 29.0. The number of nitrogens with one attached hydrogen (secondary N) is 1. The SMILES string of the molecule is CC1(C)CN(C(=O)c2ccc(C#N)cc2)C=C(C(=O)O)c2[nH]c(C#N)cc21. The van der Waals surface area contributed by atoms with E-state index in [4.69, 9.17) is 10.5 Å². The van der Waals surface area contributed by atoms with Crippen LogP contribution < -0.4 is 0 Å². The Hall–Kier alpha value is -3.84. The number of aromatic nitrogens is 1. The summed E-state index contributed by atoms with van der Waals surface area (Å²) in [5.41, 5.74) is 1.39. The van der Waals surface area contributed by atoms with Gasteiger partial charge in [0.15, 0.2) is 0 Å². The molecule has 7 nitrogen and oxygen atoms in total. The van der Waals surface area contributed by atoms with Gasteiger partial charge in [0, 0.05) is 23.7 Å². The molecule has 0 fully saturated rings. The summed E-state index contributed by atoms with van der Waals surface area (Å²) in [6.45, 7) is 4.01. The molecular weight excluding hydrogens is 344 g/mol. The minimum Gasteiger partial charge on any atom is -0.478 e. The number of fused-ring (bicyclic) bond motifs is 1. The lowest BCUT2D eigenvalue weighted by atomic mass is 9.83. The molecule has 0 aliphatic carbocycles. The number of rotatable bonds is 2. The number of aliphatic carboxylic acids is 1. The number of hydrogen-bond acceptors (Lipinski definition) is 4. The molecule has 1 aliphatic rings. The zero-order chi connectivity index (χ0) is 19.8. The molecule has 134 valence electrons. The van der Waals surface area contributed by atoms with Crippen LogP contribution in [-0.4, -0.2) is 33.4 Å². The van der Waals surface area contributed by atoms with E-state index in [9.17, 15) is 14.7 Å². The molecule has 2 heterocycles. The fourth-order valence-electron chi connectivity index (χ4n) is 3.18. The molecule has 1 amide bonds. The van der Waals surface area contributed by atoms with Gasteiger partial charge in [0.2, 0.25) is 0 Å². The zero-order valence-electron chi connectivity index (χ0n) is 14.8. The van der Waals surface area contributed by atoms with Crippen LogP contribution in [0, 0.1) is 22.7 Å². The predicted octanol–water partition coefficient (Wildman–Crippen LogP) is 2.62. The summed E-state index contributed by atoms with van der Waals surface area (Å²) >= 11 is 0. The van der Waals surface area contributed by atoms with Gasteiger partial charge in [0.25, 0.3) is 5.91 Å². The molecule has 2 N–H and O–H groups in total. The Balaban J connectivity index is 2.09. The molecule has 1 aromatic heterocycles. The van der Waals surface area contributed by atoms with Crippen molar-refractivity contribution >= 4 is 17.4 Å². The maximum atomic E-state index is 12.9. The van der Waals surface area contributed by atoms with Gasteiger partial charge in [-0.3, -0.25) is 4.79 Å². The maximum absolute atomic E-state index is 12.9. The Bertz CT molecular complexity index is 1050. The number of amides is 1. The minimum atomic E-state index is -1.20. The molecule has 0 radical (unpaired) electrons. The summed E-state index contributed by atoms with van der Waals surface area (Å²) in [5.74, 6) is -1.56. The molecule has 7 heteroatoms. The smallest absolute Gasteiger partial charge is 0.339 e. The van der Waals surface area contributed by atoms with Crippen LogP contribution in [0.1, 0.15) is 46.7 Å². The van der Waals surface area contributed by atoms with E-state index in [1.165, 1.54) is 11.1 Å². The van der Waals surface area contributed by atoms with Gasteiger partial charge in [-0.05, 0) is 35.9 Å². The summed E-state index contributed by atoms with van der Waals surface area (Å²) < 4.78 is 0. The van der Waals surface area contributed by atoms with Crippen molar-refractivity contribution in [3.63, 3.8) is 0 Å². The third kappa shape index (κ3) is 3.19. The molecule has 27 heavy (non-hydrogen) atoms. The first-order valence-corrected chi connectivity index (χ1v) is 8.17. The van der Waals surface area contributed by atoms with Crippen LogP contribution >= 0.6 is 0 Å². The summed E-state index contributed by atoms with van der Waals surface area (Å²) in [7, 11) is 0. The van der Waals surface area contributed by atoms with Gasteiger partial charge >= 0.3 is 5.97 Å². The van der Waals surface area contributed by atoms with Crippen molar-refractivity contribution < 1.29 is 14.7 Å². The van der Waals surface area contributed by atoms with Crippen LogP contribution in [0.2, 0.25) is 0 Å². The van der Waals surface area contributed by atoms with E-state index < -0.39 is 11.4 Å². The first-order valence-electron chi connectivity index (χ1n) is 8.17. The molecule has 0 spiro atoms. The minimum absolute atomic E-state index is 0.0842. The van der Waals surface area contributed by atoms with Gasteiger partial charge in [-0.1, -0.05) is 13.8 Å². The Labute approximate surface area is 155 Å². The van der Waals surface area contributed by atoms with E-state index in [2.05, 4.69) is 4.98 Å². The largest absolute Gasteiger partial charge is 0.478 e. The molecule has 0 bridgehead atoms. The van der Waals surface area contributed by atoms with Crippen molar-refractivity contribution in [1.29, 1.82) is 10.5 Å². The normalized spacial score (nSPS) is 15.0. The van der Waals surface area contributed by atoms with Crippen LogP contribution in [0.4, 0.5) is 0 Å². The van der Waals surface area contributed by atoms with E-state index >= 15 is 0 Å². The number of carbonyl (C=O) groups excluding carboxylic acids is 1. The third-order valence-corrected chi connectivity index (χ3v) is 4.54. The number of aromatic amines is 1. The van der Waals surface area contributed by atoms with E-state index in [1.54, 1.807) is 30.3 Å². The Morgan fingerprint density at radius 1 is 1.19 bits per heavy atom. The van der Waals surface area contributed by atoms with Crippen LogP contribution in [0.25, 0.3) is 5.57 Å². The van der Waals surface area contributed by atoms with E-state index in [0.29, 0.717) is 22.4 Å². The highest BCUT2D eigenvalue weighted by atomic mass is 16.4. The topological polar surface area (TPSA) is 121 Å². The Morgan fingerprint density at radius 2 is 1.85 bits per heavy atom. The number of carboxylic acids is 1. The van der Waals surface area contributed by atoms with Gasteiger partial charge in [-0.25, -0.2) is 4.79 Å². The van der Waals surface area contributed by atoms with Crippen molar-refractivity contribution in [3.05, 3.63) is 64.6 Å². The number of carbonyl (C=O) groups is 2. The molecule has 0 saturated heterocycles. The zero-order valence-corrected chi connectivity index (χ0v) is 14.8. The molecule has 0 atom stereocenters. The summed E-state index contributed by atoms with van der Waals surface area (Å²) in [5, 5.41) is 27.7. The highest BCUT2D eigenvalue weighted by Gasteiger charge is 2.35. The van der Waals surface area contributed by atoms with Gasteiger partial charge in [0.05, 0.1) is 22.9 Å². The van der Waals surface area contributed by atoms with E-state index in [1.807, 2.05) is 26.0 Å². The first kappa shape index (κ1) is 18.0. The lowest BCUT2D eigenvalue weighted by Gasteiger charge is -2.29. The molecule has 3 rings (SSSR count). The van der Waals surface area contributed by atoms with Crippen LogP contribution in [-0.2, 0) is 10.2 Å². The fraction of sp³-hybridized carbons (Fsp3) is 0.200. The molecule has 0 unspecified atom stereocenters. The second-order valence-corrected chi connectivity index (χ2v) is 6.94. The molecule has 2 aromatic rings. The number of carboxylic acid groups (broad SMARTS) is 1. The van der Waals surface area contributed by atoms with Gasteiger partial charge in [-0.2, -0.15) is 10.5 Å². The van der Waals surface area contributed by atoms with Crippen molar-refractivity contribution in [3.8, 4) is 12.1 Å². The third-order valence-electron chi connectivity index (χ3n) is 4.54. The second-order valence-electron chi connectivity index (χ2n) is 6.94. The lowest BCUT2D eigenvalue weighted by molar-refractivity contribution is -0.130. The number of benzene rings is 1. The molecule has 1 aliphatic heterocycles. The second kappa shape index (κ2) is 6.47.